The number of rotatable bonds is 6. The lowest BCUT2D eigenvalue weighted by Crippen LogP contribution is -2.36. The van der Waals surface area contributed by atoms with Gasteiger partial charge in [-0.2, -0.15) is 0 Å². The first kappa shape index (κ1) is 23.4. The molecule has 0 spiro atoms. The van der Waals surface area contributed by atoms with Gasteiger partial charge in [-0.1, -0.05) is 101 Å². The van der Waals surface area contributed by atoms with Gasteiger partial charge in [0.15, 0.2) is 0 Å². The predicted octanol–water partition coefficient (Wildman–Crippen LogP) is 8.70. The van der Waals surface area contributed by atoms with Crippen LogP contribution in [0.15, 0.2) is 0 Å². The van der Waals surface area contributed by atoms with Gasteiger partial charge in [0, 0.05) is 35.0 Å². The van der Waals surface area contributed by atoms with Crippen LogP contribution in [0, 0.1) is 0 Å². The van der Waals surface area contributed by atoms with Crippen molar-refractivity contribution in [3.05, 3.63) is 0 Å². The monoisotopic (exact) mass is 473 g/mol. The molecular weight excluding hydrogens is 428 g/mol. The Balaban J connectivity index is 1.65. The van der Waals surface area contributed by atoms with Crippen LogP contribution in [-0.4, -0.2) is 22.6 Å². The predicted molar refractivity (Wildman–Crippen MR) is 139 cm³/mol. The molecule has 0 atom stereocenters. The second-order valence-electron chi connectivity index (χ2n) is 10.7. The molecule has 5 heteroatoms. The van der Waals surface area contributed by atoms with Crippen LogP contribution < -0.4 is 4.86 Å². The minimum Gasteiger partial charge on any atom is -0.258 e. The fourth-order valence-corrected chi connectivity index (χ4v) is 22.7. The third-order valence-corrected chi connectivity index (χ3v) is 22.7. The summed E-state index contributed by atoms with van der Waals surface area (Å²) in [4.78, 5) is 4.54. The van der Waals surface area contributed by atoms with Crippen molar-refractivity contribution in [1.29, 1.82) is 0 Å². The first-order chi connectivity index (χ1) is 14.1. The largest absolute Gasteiger partial charge is 0.258 e. The Morgan fingerprint density at radius 1 is 0.379 bits per heavy atom. The van der Waals surface area contributed by atoms with Crippen LogP contribution in [0.25, 0.3) is 0 Å². The standard InChI is InChI=1S/C24H45NP2S2/c28-26(21-13-5-1-6-14-21,22-15-7-2-8-16-22)25-27(29,23-17-9-3-10-18-23)24-19-11-4-12-20-24/h21-24H,1-20H2,(H,25,28,29). The van der Waals surface area contributed by atoms with Gasteiger partial charge in [-0.15, -0.1) is 0 Å². The average Bonchev–Trinajstić information content (AvgIpc) is 2.81. The summed E-state index contributed by atoms with van der Waals surface area (Å²) in [7, 11) is 0. The maximum absolute atomic E-state index is 6.89. The molecule has 0 aromatic heterocycles. The second kappa shape index (κ2) is 10.9. The van der Waals surface area contributed by atoms with E-state index in [1.165, 1.54) is 128 Å². The van der Waals surface area contributed by atoms with E-state index < -0.39 is 12.4 Å². The lowest BCUT2D eigenvalue weighted by atomic mass is 9.99. The van der Waals surface area contributed by atoms with E-state index in [-0.39, 0.29) is 0 Å². The molecule has 0 radical (unpaired) electrons. The third-order valence-electron chi connectivity index (χ3n) is 8.78. The Labute approximate surface area is 191 Å². The van der Waals surface area contributed by atoms with E-state index in [9.17, 15) is 0 Å². The van der Waals surface area contributed by atoms with E-state index in [2.05, 4.69) is 4.86 Å². The van der Waals surface area contributed by atoms with Crippen LogP contribution in [0.4, 0.5) is 0 Å². The van der Waals surface area contributed by atoms with Gasteiger partial charge in [-0.05, 0) is 51.4 Å². The van der Waals surface area contributed by atoms with E-state index in [0.29, 0.717) is 0 Å². The first-order valence-electron chi connectivity index (χ1n) is 13.1. The van der Waals surface area contributed by atoms with Crippen molar-refractivity contribution in [2.24, 2.45) is 0 Å². The number of hydrogen-bond donors (Lipinski definition) is 1. The van der Waals surface area contributed by atoms with Crippen LogP contribution in [-0.2, 0) is 23.6 Å². The van der Waals surface area contributed by atoms with Gasteiger partial charge in [-0.25, -0.2) is 0 Å². The van der Waals surface area contributed by atoms with E-state index in [4.69, 9.17) is 23.6 Å². The summed E-state index contributed by atoms with van der Waals surface area (Å²) >= 11 is 13.8. The zero-order chi connectivity index (χ0) is 20.2. The molecule has 168 valence electrons. The first-order valence-corrected chi connectivity index (χ1v) is 19.0. The maximum atomic E-state index is 6.89. The molecule has 4 aliphatic carbocycles. The molecule has 0 saturated heterocycles. The molecule has 0 heterocycles. The van der Waals surface area contributed by atoms with Crippen LogP contribution in [0.3, 0.4) is 0 Å². The fourth-order valence-electron chi connectivity index (χ4n) is 7.03. The average molecular weight is 474 g/mol. The number of hydrogen-bond acceptors (Lipinski definition) is 2. The molecule has 29 heavy (non-hydrogen) atoms. The summed E-state index contributed by atoms with van der Waals surface area (Å²) < 4.78 is 0. The fraction of sp³-hybridized carbons (Fsp3) is 1.00. The SMILES string of the molecule is S=P(NP(=S)(C1CCCCC1)C1CCCCC1)(C1CCCCC1)C1CCCCC1. The van der Waals surface area contributed by atoms with Gasteiger partial charge in [0.2, 0.25) is 0 Å². The summed E-state index contributed by atoms with van der Waals surface area (Å²) in [6, 6.07) is 0. The van der Waals surface area contributed by atoms with E-state index in [1.807, 2.05) is 0 Å². The molecule has 4 fully saturated rings. The van der Waals surface area contributed by atoms with Gasteiger partial charge in [-0.3, -0.25) is 4.86 Å². The zero-order valence-electron chi connectivity index (χ0n) is 18.7. The highest BCUT2D eigenvalue weighted by atomic mass is 32.5. The third kappa shape index (κ3) is 5.43. The summed E-state index contributed by atoms with van der Waals surface area (Å²) in [5.41, 5.74) is 3.24. The van der Waals surface area contributed by atoms with Crippen molar-refractivity contribution < 1.29 is 0 Å². The molecule has 1 N–H and O–H groups in total. The van der Waals surface area contributed by atoms with Crippen molar-refractivity contribution in [2.45, 2.75) is 151 Å². The highest BCUT2D eigenvalue weighted by Crippen LogP contribution is 2.71. The van der Waals surface area contributed by atoms with Crippen molar-refractivity contribution in [3.8, 4) is 0 Å². The Morgan fingerprint density at radius 3 is 0.793 bits per heavy atom. The lowest BCUT2D eigenvalue weighted by molar-refractivity contribution is 0.476. The van der Waals surface area contributed by atoms with Crippen molar-refractivity contribution >= 4 is 36.0 Å². The Kier molecular flexibility index (Phi) is 8.82. The Hall–Kier alpha value is 1.26. The molecule has 0 aromatic rings. The molecule has 0 amide bonds. The van der Waals surface area contributed by atoms with Crippen molar-refractivity contribution in [3.63, 3.8) is 0 Å². The molecule has 0 bridgehead atoms. The van der Waals surface area contributed by atoms with Crippen molar-refractivity contribution in [1.82, 2.24) is 4.86 Å². The quantitative estimate of drug-likeness (QED) is 0.387. The summed E-state index contributed by atoms with van der Waals surface area (Å²) in [6.07, 6.45) is 25.2. The molecule has 1 nitrogen and oxygen atoms in total. The normalized spacial score (nSPS) is 27.9. The smallest absolute Gasteiger partial charge is 0.0223 e. The van der Waals surface area contributed by atoms with E-state index in [0.717, 1.165) is 22.6 Å². The van der Waals surface area contributed by atoms with Gasteiger partial charge < -0.3 is 0 Å². The highest BCUT2D eigenvalue weighted by molar-refractivity contribution is 8.23. The van der Waals surface area contributed by atoms with Crippen LogP contribution in [0.5, 0.6) is 0 Å². The van der Waals surface area contributed by atoms with Gasteiger partial charge >= 0.3 is 0 Å². The van der Waals surface area contributed by atoms with Gasteiger partial charge in [0.25, 0.3) is 0 Å². The van der Waals surface area contributed by atoms with Crippen LogP contribution >= 0.6 is 12.4 Å². The zero-order valence-corrected chi connectivity index (χ0v) is 22.1. The molecule has 0 aromatic carbocycles. The van der Waals surface area contributed by atoms with E-state index in [1.54, 1.807) is 0 Å². The molecule has 4 saturated carbocycles. The summed E-state index contributed by atoms with van der Waals surface area (Å²) in [5.74, 6) is 0. The highest BCUT2D eigenvalue weighted by Gasteiger charge is 2.45. The summed E-state index contributed by atoms with van der Waals surface area (Å²) in [5, 5.41) is 0. The summed E-state index contributed by atoms with van der Waals surface area (Å²) in [6.45, 7) is 0. The van der Waals surface area contributed by atoms with Gasteiger partial charge in [0.05, 0.1) is 0 Å². The minimum absolute atomic E-state index is 0.809. The number of nitrogens with one attached hydrogen (secondary N) is 1. The maximum Gasteiger partial charge on any atom is 0.0223 e. The van der Waals surface area contributed by atoms with E-state index >= 15 is 0 Å². The van der Waals surface area contributed by atoms with Crippen LogP contribution in [0.2, 0.25) is 0 Å². The molecule has 4 aliphatic rings. The molecule has 0 unspecified atom stereocenters. The Morgan fingerprint density at radius 2 is 0.586 bits per heavy atom. The minimum atomic E-state index is -1.60. The molecule has 0 aliphatic heterocycles. The second-order valence-corrected chi connectivity index (χ2v) is 20.9. The van der Waals surface area contributed by atoms with Crippen LogP contribution in [0.1, 0.15) is 128 Å². The molecule has 4 rings (SSSR count). The van der Waals surface area contributed by atoms with Crippen molar-refractivity contribution in [2.75, 3.05) is 0 Å². The lowest BCUT2D eigenvalue weighted by Gasteiger charge is -2.50. The van der Waals surface area contributed by atoms with Gasteiger partial charge in [0.1, 0.15) is 0 Å². The molecular formula is C24H45NP2S2. The Bertz CT molecular complexity index is 502. The topological polar surface area (TPSA) is 12.0 Å².